The van der Waals surface area contributed by atoms with Crippen molar-refractivity contribution in [2.24, 2.45) is 0 Å². The molecule has 3 rings (SSSR count). The second-order valence-corrected chi connectivity index (χ2v) is 5.37. The molecular formula is C19H13F3N2O2. The highest BCUT2D eigenvalue weighted by Gasteiger charge is 2.12. The van der Waals surface area contributed by atoms with Crippen LogP contribution in [0.5, 0.6) is 11.6 Å². The first-order valence-corrected chi connectivity index (χ1v) is 7.63. The maximum Gasteiger partial charge on any atom is 0.254 e. The summed E-state index contributed by atoms with van der Waals surface area (Å²) < 4.78 is 44.9. The van der Waals surface area contributed by atoms with Gasteiger partial charge in [0.05, 0.1) is 5.56 Å². The van der Waals surface area contributed by atoms with E-state index >= 15 is 0 Å². The number of rotatable bonds is 5. The summed E-state index contributed by atoms with van der Waals surface area (Å²) in [7, 11) is 0. The van der Waals surface area contributed by atoms with Crippen molar-refractivity contribution in [1.29, 1.82) is 0 Å². The first-order chi connectivity index (χ1) is 12.5. The van der Waals surface area contributed by atoms with Gasteiger partial charge in [-0.2, -0.15) is 0 Å². The number of pyridine rings is 1. The molecule has 7 heteroatoms. The maximum absolute atomic E-state index is 13.6. The molecule has 0 unspecified atom stereocenters. The van der Waals surface area contributed by atoms with Crippen molar-refractivity contribution in [3.05, 3.63) is 89.4 Å². The van der Waals surface area contributed by atoms with Crippen LogP contribution in [0.1, 0.15) is 15.9 Å². The van der Waals surface area contributed by atoms with Gasteiger partial charge in [-0.3, -0.25) is 4.79 Å². The van der Waals surface area contributed by atoms with Crippen molar-refractivity contribution in [3.8, 4) is 11.6 Å². The molecule has 0 aliphatic rings. The second kappa shape index (κ2) is 7.69. The average Bonchev–Trinajstić information content (AvgIpc) is 2.61. The molecule has 0 spiro atoms. The predicted molar refractivity (Wildman–Crippen MR) is 88.2 cm³/mol. The van der Waals surface area contributed by atoms with Crippen molar-refractivity contribution >= 4 is 5.91 Å². The monoisotopic (exact) mass is 358 g/mol. The fourth-order valence-electron chi connectivity index (χ4n) is 2.18. The molecule has 0 radical (unpaired) electrons. The molecule has 0 bridgehead atoms. The van der Waals surface area contributed by atoms with Crippen LogP contribution in [0.2, 0.25) is 0 Å². The predicted octanol–water partition coefficient (Wildman–Crippen LogP) is 4.22. The molecule has 1 N–H and O–H groups in total. The number of halogens is 3. The van der Waals surface area contributed by atoms with Crippen LogP contribution in [0, 0.1) is 17.5 Å². The Bertz CT molecular complexity index is 930. The van der Waals surface area contributed by atoms with Crippen LogP contribution in [-0.4, -0.2) is 10.9 Å². The minimum Gasteiger partial charge on any atom is -0.439 e. The molecule has 0 aliphatic heterocycles. The number of nitrogens with one attached hydrogen (secondary N) is 1. The van der Waals surface area contributed by atoms with Crippen molar-refractivity contribution in [2.75, 3.05) is 0 Å². The number of ether oxygens (including phenoxy) is 1. The summed E-state index contributed by atoms with van der Waals surface area (Å²) in [5, 5.41) is 2.52. The number of nitrogens with zero attached hydrogens (tertiary/aromatic N) is 1. The van der Waals surface area contributed by atoms with E-state index in [4.69, 9.17) is 4.74 Å². The van der Waals surface area contributed by atoms with Crippen LogP contribution >= 0.6 is 0 Å². The highest BCUT2D eigenvalue weighted by molar-refractivity contribution is 5.94. The van der Waals surface area contributed by atoms with Crippen LogP contribution in [0.15, 0.2) is 60.8 Å². The van der Waals surface area contributed by atoms with Crippen molar-refractivity contribution in [3.63, 3.8) is 0 Å². The molecule has 0 aliphatic carbocycles. The largest absolute Gasteiger partial charge is 0.439 e. The molecule has 0 saturated carbocycles. The Labute approximate surface area is 147 Å². The van der Waals surface area contributed by atoms with E-state index in [0.717, 1.165) is 12.1 Å². The fraction of sp³-hybridized carbons (Fsp3) is 0.0526. The number of hydrogen-bond acceptors (Lipinski definition) is 3. The lowest BCUT2D eigenvalue weighted by atomic mass is 10.2. The van der Waals surface area contributed by atoms with Gasteiger partial charge < -0.3 is 10.1 Å². The quantitative estimate of drug-likeness (QED) is 0.743. The Morgan fingerprint density at radius 1 is 1.00 bits per heavy atom. The topological polar surface area (TPSA) is 51.2 Å². The molecule has 4 nitrogen and oxygen atoms in total. The van der Waals surface area contributed by atoms with E-state index in [1.807, 2.05) is 0 Å². The third-order valence-corrected chi connectivity index (χ3v) is 3.44. The number of carbonyl (C=O) groups is 1. The van der Waals surface area contributed by atoms with E-state index in [-0.39, 0.29) is 18.0 Å². The molecule has 2 aromatic carbocycles. The van der Waals surface area contributed by atoms with Gasteiger partial charge in [-0.25, -0.2) is 18.2 Å². The Kier molecular flexibility index (Phi) is 5.17. The van der Waals surface area contributed by atoms with Crippen molar-refractivity contribution in [2.45, 2.75) is 6.54 Å². The van der Waals surface area contributed by atoms with E-state index < -0.39 is 23.4 Å². The Morgan fingerprint density at radius 2 is 1.81 bits per heavy atom. The highest BCUT2D eigenvalue weighted by Crippen LogP contribution is 2.20. The summed E-state index contributed by atoms with van der Waals surface area (Å²) in [5.41, 5.74) is 0.401. The summed E-state index contributed by atoms with van der Waals surface area (Å²) in [6, 6.07) is 11.6. The van der Waals surface area contributed by atoms with Crippen molar-refractivity contribution in [1.82, 2.24) is 10.3 Å². The molecule has 1 amide bonds. The first-order valence-electron chi connectivity index (χ1n) is 7.63. The van der Waals surface area contributed by atoms with Gasteiger partial charge in [-0.05, 0) is 29.8 Å². The van der Waals surface area contributed by atoms with E-state index in [2.05, 4.69) is 10.3 Å². The first kappa shape index (κ1) is 17.5. The number of hydrogen-bond donors (Lipinski definition) is 1. The summed E-state index contributed by atoms with van der Waals surface area (Å²) in [6.45, 7) is 0.100. The van der Waals surface area contributed by atoms with E-state index in [1.54, 1.807) is 18.2 Å². The minimum atomic E-state index is -0.931. The third-order valence-electron chi connectivity index (χ3n) is 3.44. The van der Waals surface area contributed by atoms with Crippen LogP contribution < -0.4 is 10.1 Å². The van der Waals surface area contributed by atoms with Crippen LogP contribution in [0.4, 0.5) is 13.2 Å². The average molecular weight is 358 g/mol. The molecule has 1 heterocycles. The van der Waals surface area contributed by atoms with Gasteiger partial charge in [-0.15, -0.1) is 0 Å². The van der Waals surface area contributed by atoms with Crippen molar-refractivity contribution < 1.29 is 22.7 Å². The van der Waals surface area contributed by atoms with Gasteiger partial charge in [0.25, 0.3) is 5.91 Å². The van der Waals surface area contributed by atoms with E-state index in [9.17, 15) is 18.0 Å². The summed E-state index contributed by atoms with van der Waals surface area (Å²) >= 11 is 0. The van der Waals surface area contributed by atoms with Gasteiger partial charge >= 0.3 is 0 Å². The van der Waals surface area contributed by atoms with Crippen LogP contribution in [0.25, 0.3) is 0 Å². The Hall–Kier alpha value is -3.35. The number of amides is 1. The zero-order chi connectivity index (χ0) is 18.5. The zero-order valence-corrected chi connectivity index (χ0v) is 13.4. The number of aromatic nitrogens is 1. The smallest absolute Gasteiger partial charge is 0.254 e. The molecule has 3 aromatic rings. The highest BCUT2D eigenvalue weighted by atomic mass is 19.1. The molecule has 132 valence electrons. The second-order valence-electron chi connectivity index (χ2n) is 5.37. The fourth-order valence-corrected chi connectivity index (χ4v) is 2.18. The maximum atomic E-state index is 13.6. The van der Waals surface area contributed by atoms with Gasteiger partial charge in [0, 0.05) is 30.9 Å². The Balaban J connectivity index is 1.60. The normalized spacial score (nSPS) is 10.4. The summed E-state index contributed by atoms with van der Waals surface area (Å²) in [5.74, 6) is -2.20. The number of carbonyl (C=O) groups excluding carboxylic acids is 1. The molecule has 0 saturated heterocycles. The van der Waals surface area contributed by atoms with Crippen LogP contribution in [0.3, 0.4) is 0 Å². The molecule has 1 aromatic heterocycles. The molecule has 0 fully saturated rings. The summed E-state index contributed by atoms with van der Waals surface area (Å²) in [6.07, 6.45) is 1.47. The van der Waals surface area contributed by atoms with Gasteiger partial charge in [0.2, 0.25) is 5.88 Å². The van der Waals surface area contributed by atoms with Gasteiger partial charge in [0.1, 0.15) is 23.2 Å². The molecule has 26 heavy (non-hydrogen) atoms. The SMILES string of the molecule is O=C(NCc1ccc(Oc2cccc(F)c2)nc1)c1ccc(F)cc1F. The standard InChI is InChI=1S/C19H13F3N2O2/c20-13-2-1-3-15(8-13)26-18-7-4-12(10-23-18)11-24-19(25)16-6-5-14(21)9-17(16)22/h1-10H,11H2,(H,24,25). The minimum absolute atomic E-state index is 0.100. The third kappa shape index (κ3) is 4.38. The lowest BCUT2D eigenvalue weighted by Gasteiger charge is -2.08. The lowest BCUT2D eigenvalue weighted by Crippen LogP contribution is -2.24. The Morgan fingerprint density at radius 3 is 2.50 bits per heavy atom. The van der Waals surface area contributed by atoms with E-state index in [1.165, 1.54) is 24.4 Å². The van der Waals surface area contributed by atoms with Gasteiger partial charge in [0.15, 0.2) is 0 Å². The van der Waals surface area contributed by atoms with Crippen LogP contribution in [-0.2, 0) is 6.54 Å². The van der Waals surface area contributed by atoms with Gasteiger partial charge in [-0.1, -0.05) is 12.1 Å². The van der Waals surface area contributed by atoms with E-state index in [0.29, 0.717) is 17.4 Å². The lowest BCUT2D eigenvalue weighted by molar-refractivity contribution is 0.0946. The summed E-state index contributed by atoms with van der Waals surface area (Å²) in [4.78, 5) is 16.0. The number of benzene rings is 2. The molecular weight excluding hydrogens is 345 g/mol. The zero-order valence-electron chi connectivity index (χ0n) is 13.4. The molecule has 0 atom stereocenters.